The summed E-state index contributed by atoms with van der Waals surface area (Å²) in [7, 11) is 0. The number of aryl methyl sites for hydroxylation is 1. The van der Waals surface area contributed by atoms with E-state index in [9.17, 15) is 4.79 Å². The van der Waals surface area contributed by atoms with Crippen molar-refractivity contribution in [1.29, 1.82) is 0 Å². The molecule has 1 aromatic heterocycles. The fourth-order valence-corrected chi connectivity index (χ4v) is 3.99. The number of para-hydroxylation sites is 1. The number of benzene rings is 2. The largest absolute Gasteiger partial charge is 0.485 e. The standard InChI is InChI=1S/C23H27NO2S/c1-2-3-4-5-6-7-11-18-12-10-13-19(16-18)26-17-21(25)23-24-20-14-8-9-15-22(20)27-23/h8-10,12-16H,2-7,11,17H2,1H3. The van der Waals surface area contributed by atoms with Crippen LogP contribution in [0.5, 0.6) is 5.75 Å². The second-order valence-electron chi connectivity index (χ2n) is 6.86. The quantitative estimate of drug-likeness (QED) is 0.282. The molecule has 142 valence electrons. The number of hydrogen-bond acceptors (Lipinski definition) is 4. The first-order valence-corrected chi connectivity index (χ1v) is 10.7. The molecule has 0 N–H and O–H groups in total. The zero-order chi connectivity index (χ0) is 18.9. The lowest BCUT2D eigenvalue weighted by Crippen LogP contribution is -2.11. The van der Waals surface area contributed by atoms with Crippen molar-refractivity contribution in [3.8, 4) is 5.75 Å². The number of nitrogens with zero attached hydrogens (tertiary/aromatic N) is 1. The molecule has 3 rings (SSSR count). The highest BCUT2D eigenvalue weighted by molar-refractivity contribution is 7.20. The van der Waals surface area contributed by atoms with Gasteiger partial charge in [-0.3, -0.25) is 4.79 Å². The van der Waals surface area contributed by atoms with E-state index in [1.54, 1.807) is 0 Å². The van der Waals surface area contributed by atoms with Crippen LogP contribution in [-0.2, 0) is 6.42 Å². The number of aromatic nitrogens is 1. The Labute approximate surface area is 165 Å². The highest BCUT2D eigenvalue weighted by Crippen LogP contribution is 2.22. The van der Waals surface area contributed by atoms with Crippen LogP contribution in [0.1, 0.15) is 60.8 Å². The van der Waals surface area contributed by atoms with E-state index in [1.807, 2.05) is 36.4 Å². The first-order chi connectivity index (χ1) is 13.3. The number of ketones is 1. The third-order valence-corrected chi connectivity index (χ3v) is 5.70. The molecule has 0 aliphatic rings. The summed E-state index contributed by atoms with van der Waals surface area (Å²) in [5, 5.41) is 0.513. The second-order valence-corrected chi connectivity index (χ2v) is 7.89. The zero-order valence-electron chi connectivity index (χ0n) is 15.9. The molecule has 0 bridgehead atoms. The predicted molar refractivity (Wildman–Crippen MR) is 113 cm³/mol. The van der Waals surface area contributed by atoms with Crippen LogP contribution in [0.4, 0.5) is 0 Å². The lowest BCUT2D eigenvalue weighted by molar-refractivity contribution is 0.0921. The maximum Gasteiger partial charge on any atom is 0.228 e. The van der Waals surface area contributed by atoms with Gasteiger partial charge in [0, 0.05) is 0 Å². The van der Waals surface area contributed by atoms with Gasteiger partial charge >= 0.3 is 0 Å². The molecule has 0 spiro atoms. The van der Waals surface area contributed by atoms with E-state index in [-0.39, 0.29) is 12.4 Å². The number of Topliss-reactive ketones (excluding diaryl/α,β-unsaturated/α-hetero) is 1. The van der Waals surface area contributed by atoms with Crippen LogP contribution in [0.3, 0.4) is 0 Å². The Bertz CT molecular complexity index is 838. The molecular formula is C23H27NO2S. The van der Waals surface area contributed by atoms with Crippen molar-refractivity contribution < 1.29 is 9.53 Å². The molecule has 0 aliphatic heterocycles. The summed E-state index contributed by atoms with van der Waals surface area (Å²) in [5.74, 6) is 0.686. The summed E-state index contributed by atoms with van der Waals surface area (Å²) in [6, 6.07) is 15.9. The molecule has 0 aliphatic carbocycles. The van der Waals surface area contributed by atoms with Crippen molar-refractivity contribution in [2.75, 3.05) is 6.61 Å². The van der Waals surface area contributed by atoms with Crippen molar-refractivity contribution in [3.05, 3.63) is 59.1 Å². The highest BCUT2D eigenvalue weighted by Gasteiger charge is 2.13. The molecule has 0 fully saturated rings. The van der Waals surface area contributed by atoms with E-state index < -0.39 is 0 Å². The monoisotopic (exact) mass is 381 g/mol. The Morgan fingerprint density at radius 1 is 1.00 bits per heavy atom. The number of unbranched alkanes of at least 4 members (excludes halogenated alkanes) is 5. The smallest absolute Gasteiger partial charge is 0.228 e. The summed E-state index contributed by atoms with van der Waals surface area (Å²) >= 11 is 1.42. The van der Waals surface area contributed by atoms with Crippen molar-refractivity contribution in [1.82, 2.24) is 4.98 Å². The Hall–Kier alpha value is -2.20. The van der Waals surface area contributed by atoms with Crippen molar-refractivity contribution >= 4 is 27.3 Å². The fraction of sp³-hybridized carbons (Fsp3) is 0.391. The molecule has 3 aromatic rings. The van der Waals surface area contributed by atoms with Crippen molar-refractivity contribution in [2.45, 2.75) is 51.9 Å². The van der Waals surface area contributed by atoms with Crippen LogP contribution in [0.15, 0.2) is 48.5 Å². The molecule has 0 amide bonds. The van der Waals surface area contributed by atoms with Crippen molar-refractivity contribution in [3.63, 3.8) is 0 Å². The van der Waals surface area contributed by atoms with Crippen LogP contribution in [0, 0.1) is 0 Å². The van der Waals surface area contributed by atoms with Gasteiger partial charge in [0.2, 0.25) is 5.78 Å². The summed E-state index contributed by atoms with van der Waals surface area (Å²) in [4.78, 5) is 16.8. The van der Waals surface area contributed by atoms with Crippen molar-refractivity contribution in [2.24, 2.45) is 0 Å². The van der Waals surface area contributed by atoms with Gasteiger partial charge in [-0.25, -0.2) is 4.98 Å². The van der Waals surface area contributed by atoms with Crippen LogP contribution in [0.2, 0.25) is 0 Å². The van der Waals surface area contributed by atoms with Gasteiger partial charge in [0.25, 0.3) is 0 Å². The Kier molecular flexibility index (Phi) is 7.40. The molecular weight excluding hydrogens is 354 g/mol. The maximum atomic E-state index is 12.4. The number of fused-ring (bicyclic) bond motifs is 1. The van der Waals surface area contributed by atoms with E-state index in [1.165, 1.54) is 55.4 Å². The first kappa shape index (κ1) is 19.6. The van der Waals surface area contributed by atoms with Gasteiger partial charge in [-0.2, -0.15) is 0 Å². The van der Waals surface area contributed by atoms with Crippen LogP contribution < -0.4 is 4.74 Å². The Morgan fingerprint density at radius 2 is 1.81 bits per heavy atom. The van der Waals surface area contributed by atoms with E-state index >= 15 is 0 Å². The second kappa shape index (κ2) is 10.2. The van der Waals surface area contributed by atoms with Gasteiger partial charge in [-0.05, 0) is 42.7 Å². The van der Waals surface area contributed by atoms with Crippen LogP contribution in [0.25, 0.3) is 10.2 Å². The molecule has 0 radical (unpaired) electrons. The summed E-state index contributed by atoms with van der Waals surface area (Å²) < 4.78 is 6.76. The summed E-state index contributed by atoms with van der Waals surface area (Å²) in [6.45, 7) is 2.27. The maximum absolute atomic E-state index is 12.4. The number of hydrogen-bond donors (Lipinski definition) is 0. The Morgan fingerprint density at radius 3 is 2.67 bits per heavy atom. The Balaban J connectivity index is 1.48. The van der Waals surface area contributed by atoms with E-state index in [2.05, 4.69) is 24.0 Å². The first-order valence-electron chi connectivity index (χ1n) is 9.87. The van der Waals surface area contributed by atoms with Crippen LogP contribution in [-0.4, -0.2) is 17.4 Å². The number of carbonyl (C=O) groups excluding carboxylic acids is 1. The molecule has 1 heterocycles. The molecule has 27 heavy (non-hydrogen) atoms. The molecule has 0 saturated heterocycles. The van der Waals surface area contributed by atoms with Gasteiger partial charge in [0.15, 0.2) is 11.6 Å². The van der Waals surface area contributed by atoms with Gasteiger partial charge in [0.05, 0.1) is 10.2 Å². The highest BCUT2D eigenvalue weighted by atomic mass is 32.1. The minimum atomic E-state index is -0.0717. The zero-order valence-corrected chi connectivity index (χ0v) is 16.8. The third kappa shape index (κ3) is 5.90. The summed E-state index contributed by atoms with van der Waals surface area (Å²) in [6.07, 6.45) is 8.84. The normalized spacial score (nSPS) is 11.0. The fourth-order valence-electron chi connectivity index (χ4n) is 3.10. The van der Waals surface area contributed by atoms with Gasteiger partial charge in [0.1, 0.15) is 5.75 Å². The lowest BCUT2D eigenvalue weighted by atomic mass is 10.0. The molecule has 0 unspecified atom stereocenters. The molecule has 4 heteroatoms. The average molecular weight is 382 g/mol. The topological polar surface area (TPSA) is 39.2 Å². The SMILES string of the molecule is CCCCCCCCc1cccc(OCC(=O)c2nc3ccccc3s2)c1. The van der Waals surface area contributed by atoms with E-state index in [0.717, 1.165) is 22.4 Å². The number of ether oxygens (including phenoxy) is 1. The average Bonchev–Trinajstić information content (AvgIpc) is 3.13. The number of carbonyl (C=O) groups is 1. The van der Waals surface area contributed by atoms with Gasteiger partial charge in [-0.15, -0.1) is 11.3 Å². The summed E-state index contributed by atoms with van der Waals surface area (Å²) in [5.41, 5.74) is 2.14. The lowest BCUT2D eigenvalue weighted by Gasteiger charge is -2.07. The van der Waals surface area contributed by atoms with Gasteiger partial charge < -0.3 is 4.74 Å². The number of rotatable bonds is 11. The molecule has 0 saturated carbocycles. The van der Waals surface area contributed by atoms with E-state index in [4.69, 9.17) is 4.74 Å². The van der Waals surface area contributed by atoms with Crippen LogP contribution >= 0.6 is 11.3 Å². The third-order valence-electron chi connectivity index (χ3n) is 4.62. The number of thiazole rings is 1. The molecule has 2 aromatic carbocycles. The van der Waals surface area contributed by atoms with Gasteiger partial charge in [-0.1, -0.05) is 63.3 Å². The predicted octanol–water partition coefficient (Wildman–Crippen LogP) is 6.46. The van der Waals surface area contributed by atoms with E-state index in [0.29, 0.717) is 5.01 Å². The minimum absolute atomic E-state index is 0.0281. The molecule has 0 atom stereocenters. The molecule has 3 nitrogen and oxygen atoms in total. The minimum Gasteiger partial charge on any atom is -0.485 e.